The molecule has 1 aromatic rings. The molecule has 0 radical (unpaired) electrons. The van der Waals surface area contributed by atoms with Crippen molar-refractivity contribution < 1.29 is 19.1 Å². The van der Waals surface area contributed by atoms with Gasteiger partial charge in [-0.25, -0.2) is 4.79 Å². The number of methoxy groups -OCH3 is 1. The van der Waals surface area contributed by atoms with Gasteiger partial charge in [0.1, 0.15) is 17.8 Å². The molecule has 1 heterocycles. The minimum absolute atomic E-state index is 0.0613. The average Bonchev–Trinajstić information content (AvgIpc) is 2.89. The van der Waals surface area contributed by atoms with Crippen LogP contribution in [0.15, 0.2) is 36.5 Å². The normalized spacial score (nSPS) is 24.2. The van der Waals surface area contributed by atoms with E-state index < -0.39 is 12.0 Å². The van der Waals surface area contributed by atoms with Crippen LogP contribution < -0.4 is 15.4 Å². The summed E-state index contributed by atoms with van der Waals surface area (Å²) in [6.45, 7) is 3.90. The van der Waals surface area contributed by atoms with Crippen LogP contribution >= 0.6 is 0 Å². The predicted octanol–water partition coefficient (Wildman–Crippen LogP) is 3.45. The topological polar surface area (TPSA) is 76.7 Å². The number of rotatable bonds is 4. The average molecular weight is 358 g/mol. The standard InChI is InChI=1S/C20H26N2O4/c1-13-17(19(23)26-14-9-5-3-4-6-10-14)18(22-20(24)21-13)15-11-7-8-12-16(15)25-2/h7-8,11-12,14,17-18H,1,3-6,9-10H2,2H3,(H2,21,22,24). The number of para-hydroxylation sites is 1. The Labute approximate surface area is 153 Å². The van der Waals surface area contributed by atoms with E-state index in [0.717, 1.165) is 31.2 Å². The van der Waals surface area contributed by atoms with E-state index in [1.807, 2.05) is 18.2 Å². The fourth-order valence-electron chi connectivity index (χ4n) is 3.74. The second-order valence-corrected chi connectivity index (χ2v) is 6.87. The van der Waals surface area contributed by atoms with E-state index in [2.05, 4.69) is 17.2 Å². The zero-order chi connectivity index (χ0) is 18.5. The third-order valence-corrected chi connectivity index (χ3v) is 5.08. The minimum atomic E-state index is -0.702. The van der Waals surface area contributed by atoms with Gasteiger partial charge in [0.05, 0.1) is 13.2 Å². The Morgan fingerprint density at radius 3 is 2.54 bits per heavy atom. The Kier molecular flexibility index (Phi) is 5.81. The number of hydrogen-bond donors (Lipinski definition) is 2. The van der Waals surface area contributed by atoms with Crippen molar-refractivity contribution in [3.8, 4) is 5.75 Å². The third-order valence-electron chi connectivity index (χ3n) is 5.08. The molecule has 26 heavy (non-hydrogen) atoms. The summed E-state index contributed by atoms with van der Waals surface area (Å²) >= 11 is 0. The van der Waals surface area contributed by atoms with Crippen molar-refractivity contribution in [1.29, 1.82) is 0 Å². The Morgan fingerprint density at radius 2 is 1.85 bits per heavy atom. The zero-order valence-electron chi connectivity index (χ0n) is 15.1. The summed E-state index contributed by atoms with van der Waals surface area (Å²) in [5.41, 5.74) is 1.08. The molecule has 0 aromatic heterocycles. The van der Waals surface area contributed by atoms with Crippen LogP contribution in [0.2, 0.25) is 0 Å². The Bertz CT molecular complexity index is 680. The van der Waals surface area contributed by atoms with E-state index in [1.54, 1.807) is 13.2 Å². The van der Waals surface area contributed by atoms with Crippen molar-refractivity contribution in [2.45, 2.75) is 50.7 Å². The van der Waals surface area contributed by atoms with Gasteiger partial charge in [-0.1, -0.05) is 37.6 Å². The highest BCUT2D eigenvalue weighted by Crippen LogP contribution is 2.36. The van der Waals surface area contributed by atoms with Gasteiger partial charge in [0.2, 0.25) is 0 Å². The molecule has 0 spiro atoms. The van der Waals surface area contributed by atoms with Crippen LogP contribution in [0.3, 0.4) is 0 Å². The molecule has 6 nitrogen and oxygen atoms in total. The highest BCUT2D eigenvalue weighted by Gasteiger charge is 2.40. The number of hydrogen-bond acceptors (Lipinski definition) is 4. The minimum Gasteiger partial charge on any atom is -0.496 e. The summed E-state index contributed by atoms with van der Waals surface area (Å²) < 4.78 is 11.2. The second kappa shape index (κ2) is 8.25. The number of urea groups is 1. The molecule has 1 aromatic carbocycles. The van der Waals surface area contributed by atoms with E-state index in [1.165, 1.54) is 12.8 Å². The molecule has 1 saturated heterocycles. The molecule has 1 saturated carbocycles. The van der Waals surface area contributed by atoms with Gasteiger partial charge in [0.25, 0.3) is 0 Å². The second-order valence-electron chi connectivity index (χ2n) is 6.87. The van der Waals surface area contributed by atoms with E-state index in [9.17, 15) is 9.59 Å². The summed E-state index contributed by atoms with van der Waals surface area (Å²) in [6, 6.07) is 6.38. The molecule has 2 atom stereocenters. The monoisotopic (exact) mass is 358 g/mol. The quantitative estimate of drug-likeness (QED) is 0.638. The molecule has 2 fully saturated rings. The summed E-state index contributed by atoms with van der Waals surface area (Å²) in [6.07, 6.45) is 6.25. The van der Waals surface area contributed by atoms with Crippen molar-refractivity contribution in [3.05, 3.63) is 42.1 Å². The lowest BCUT2D eigenvalue weighted by Crippen LogP contribution is -2.51. The molecule has 2 N–H and O–H groups in total. The first-order valence-electron chi connectivity index (χ1n) is 9.20. The maximum absolute atomic E-state index is 13.0. The van der Waals surface area contributed by atoms with Crippen molar-refractivity contribution in [2.24, 2.45) is 5.92 Å². The lowest BCUT2D eigenvalue weighted by Gasteiger charge is -2.34. The number of esters is 1. The van der Waals surface area contributed by atoms with E-state index in [4.69, 9.17) is 9.47 Å². The van der Waals surface area contributed by atoms with E-state index >= 15 is 0 Å². The first-order chi connectivity index (χ1) is 12.6. The highest BCUT2D eigenvalue weighted by atomic mass is 16.5. The molecule has 2 aliphatic rings. The number of amides is 2. The molecule has 6 heteroatoms. The van der Waals surface area contributed by atoms with Gasteiger partial charge in [0, 0.05) is 11.3 Å². The molecule has 140 valence electrons. The van der Waals surface area contributed by atoms with Gasteiger partial charge < -0.3 is 20.1 Å². The maximum atomic E-state index is 13.0. The fourth-order valence-corrected chi connectivity index (χ4v) is 3.74. The summed E-state index contributed by atoms with van der Waals surface area (Å²) in [5, 5.41) is 5.44. The van der Waals surface area contributed by atoms with Crippen LogP contribution in [0.25, 0.3) is 0 Å². The largest absolute Gasteiger partial charge is 0.496 e. The van der Waals surface area contributed by atoms with Gasteiger partial charge in [-0.15, -0.1) is 0 Å². The van der Waals surface area contributed by atoms with Crippen LogP contribution in [0, 0.1) is 5.92 Å². The van der Waals surface area contributed by atoms with Crippen LogP contribution in [-0.4, -0.2) is 25.2 Å². The van der Waals surface area contributed by atoms with Crippen molar-refractivity contribution in [2.75, 3.05) is 7.11 Å². The Balaban J connectivity index is 1.84. The predicted molar refractivity (Wildman–Crippen MR) is 97.6 cm³/mol. The van der Waals surface area contributed by atoms with Crippen molar-refractivity contribution >= 4 is 12.0 Å². The van der Waals surface area contributed by atoms with Crippen LogP contribution in [0.1, 0.15) is 50.1 Å². The Hall–Kier alpha value is -2.50. The number of carbonyl (C=O) groups is 2. The molecule has 1 aliphatic heterocycles. The van der Waals surface area contributed by atoms with Crippen molar-refractivity contribution in [3.63, 3.8) is 0 Å². The molecule has 2 amide bonds. The number of ether oxygens (including phenoxy) is 2. The van der Waals surface area contributed by atoms with E-state index in [0.29, 0.717) is 11.4 Å². The fraction of sp³-hybridized carbons (Fsp3) is 0.500. The molecular weight excluding hydrogens is 332 g/mol. The third kappa shape index (κ3) is 4.00. The van der Waals surface area contributed by atoms with E-state index in [-0.39, 0.29) is 18.1 Å². The highest BCUT2D eigenvalue weighted by molar-refractivity contribution is 5.85. The lowest BCUT2D eigenvalue weighted by molar-refractivity contribution is -0.154. The van der Waals surface area contributed by atoms with Gasteiger partial charge in [0.15, 0.2) is 0 Å². The first-order valence-corrected chi connectivity index (χ1v) is 9.20. The van der Waals surface area contributed by atoms with Gasteiger partial charge in [-0.3, -0.25) is 4.79 Å². The number of nitrogens with one attached hydrogen (secondary N) is 2. The van der Waals surface area contributed by atoms with Gasteiger partial charge in [-0.05, 0) is 31.7 Å². The number of carbonyl (C=O) groups excluding carboxylic acids is 2. The SMILES string of the molecule is C=C1NC(=O)NC(c2ccccc2OC)C1C(=O)OC1CCCCCC1. The smallest absolute Gasteiger partial charge is 0.319 e. The van der Waals surface area contributed by atoms with Crippen LogP contribution in [-0.2, 0) is 9.53 Å². The molecule has 1 aliphatic carbocycles. The molecule has 3 rings (SSSR count). The summed E-state index contributed by atoms with van der Waals surface area (Å²) in [5.74, 6) is -0.447. The summed E-state index contributed by atoms with van der Waals surface area (Å²) in [7, 11) is 1.56. The summed E-state index contributed by atoms with van der Waals surface area (Å²) in [4.78, 5) is 24.9. The van der Waals surface area contributed by atoms with Crippen molar-refractivity contribution in [1.82, 2.24) is 10.6 Å². The molecule has 0 bridgehead atoms. The molecule has 2 unspecified atom stereocenters. The number of benzene rings is 1. The Morgan fingerprint density at radius 1 is 1.15 bits per heavy atom. The maximum Gasteiger partial charge on any atom is 0.319 e. The van der Waals surface area contributed by atoms with Crippen LogP contribution in [0.5, 0.6) is 5.75 Å². The van der Waals surface area contributed by atoms with Crippen LogP contribution in [0.4, 0.5) is 4.79 Å². The first kappa shape index (κ1) is 18.3. The lowest BCUT2D eigenvalue weighted by atomic mass is 9.88. The molecular formula is C20H26N2O4. The van der Waals surface area contributed by atoms with Gasteiger partial charge >= 0.3 is 12.0 Å². The zero-order valence-corrected chi connectivity index (χ0v) is 15.1. The van der Waals surface area contributed by atoms with Gasteiger partial charge in [-0.2, -0.15) is 0 Å².